The van der Waals surface area contributed by atoms with Gasteiger partial charge in [-0.25, -0.2) is 0 Å². The molecule has 3 heteroatoms. The van der Waals surface area contributed by atoms with Crippen molar-refractivity contribution in [1.29, 1.82) is 0 Å². The van der Waals surface area contributed by atoms with Gasteiger partial charge in [-0.1, -0.05) is 37.8 Å². The fraction of sp³-hybridized carbons (Fsp3) is 0.556. The van der Waals surface area contributed by atoms with Crippen LogP contribution < -0.4 is 4.74 Å². The summed E-state index contributed by atoms with van der Waals surface area (Å²) in [6.45, 7) is 9.75. The van der Waals surface area contributed by atoms with Crippen LogP contribution in [0.15, 0.2) is 36.9 Å². The summed E-state index contributed by atoms with van der Waals surface area (Å²) in [7, 11) is 0. The van der Waals surface area contributed by atoms with Gasteiger partial charge in [0, 0.05) is 18.7 Å². The molecule has 21 heavy (non-hydrogen) atoms. The largest absolute Gasteiger partial charge is 0.489 e. The number of piperidine rings is 1. The molecule has 1 aliphatic rings. The van der Waals surface area contributed by atoms with E-state index < -0.39 is 0 Å². The second-order valence-corrected chi connectivity index (χ2v) is 6.00. The Morgan fingerprint density at radius 3 is 2.67 bits per heavy atom. The van der Waals surface area contributed by atoms with Crippen LogP contribution in [-0.2, 0) is 6.54 Å². The molecule has 0 unspecified atom stereocenters. The Hall–Kier alpha value is -1.32. The van der Waals surface area contributed by atoms with Crippen molar-refractivity contribution in [2.75, 3.05) is 26.3 Å². The molecule has 0 amide bonds. The second-order valence-electron chi connectivity index (χ2n) is 6.00. The van der Waals surface area contributed by atoms with Crippen LogP contribution in [-0.4, -0.2) is 36.3 Å². The lowest BCUT2D eigenvalue weighted by atomic mass is 9.77. The van der Waals surface area contributed by atoms with Crippen molar-refractivity contribution in [3.8, 4) is 5.75 Å². The predicted molar refractivity (Wildman–Crippen MR) is 86.5 cm³/mol. The van der Waals surface area contributed by atoms with Crippen LogP contribution in [0.25, 0.3) is 0 Å². The van der Waals surface area contributed by atoms with Crippen LogP contribution in [0.5, 0.6) is 5.75 Å². The monoisotopic (exact) mass is 289 g/mol. The fourth-order valence-electron chi connectivity index (χ4n) is 2.97. The minimum Gasteiger partial charge on any atom is -0.489 e. The minimum atomic E-state index is 0.148. The number of aliphatic hydroxyl groups is 1. The Kier molecular flexibility index (Phi) is 5.83. The zero-order valence-corrected chi connectivity index (χ0v) is 13.1. The summed E-state index contributed by atoms with van der Waals surface area (Å²) >= 11 is 0. The Labute approximate surface area is 128 Å². The third-order valence-electron chi connectivity index (χ3n) is 4.73. The molecule has 0 bridgehead atoms. The van der Waals surface area contributed by atoms with Gasteiger partial charge in [-0.05, 0) is 43.8 Å². The first-order valence-corrected chi connectivity index (χ1v) is 7.88. The molecule has 0 radical (unpaired) electrons. The van der Waals surface area contributed by atoms with Crippen molar-refractivity contribution >= 4 is 0 Å². The van der Waals surface area contributed by atoms with Gasteiger partial charge in [0.1, 0.15) is 12.4 Å². The highest BCUT2D eigenvalue weighted by molar-refractivity contribution is 5.33. The predicted octanol–water partition coefficient (Wildman–Crippen LogP) is 3.24. The number of likely N-dealkylation sites (tertiary alicyclic amines) is 1. The fourth-order valence-corrected chi connectivity index (χ4v) is 2.97. The van der Waals surface area contributed by atoms with Crippen LogP contribution in [0.1, 0.15) is 31.7 Å². The van der Waals surface area contributed by atoms with E-state index in [1.165, 1.54) is 5.56 Å². The van der Waals surface area contributed by atoms with Gasteiger partial charge in [-0.3, -0.25) is 4.90 Å². The van der Waals surface area contributed by atoms with E-state index in [9.17, 15) is 5.11 Å². The summed E-state index contributed by atoms with van der Waals surface area (Å²) in [5, 5.41) is 9.61. The summed E-state index contributed by atoms with van der Waals surface area (Å²) in [5.41, 5.74) is 1.38. The minimum absolute atomic E-state index is 0.148. The van der Waals surface area contributed by atoms with Crippen LogP contribution in [0, 0.1) is 5.41 Å². The molecule has 1 N–H and O–H groups in total. The average Bonchev–Trinajstić information content (AvgIpc) is 2.55. The van der Waals surface area contributed by atoms with Gasteiger partial charge in [0.25, 0.3) is 0 Å². The zero-order valence-electron chi connectivity index (χ0n) is 13.1. The van der Waals surface area contributed by atoms with Gasteiger partial charge < -0.3 is 9.84 Å². The summed E-state index contributed by atoms with van der Waals surface area (Å²) < 4.78 is 5.73. The first-order valence-electron chi connectivity index (χ1n) is 7.88. The quantitative estimate of drug-likeness (QED) is 0.782. The number of rotatable bonds is 7. The van der Waals surface area contributed by atoms with E-state index in [1.54, 1.807) is 6.08 Å². The SMILES string of the molecule is C=CCOc1ccccc1CN1CCC(CC)(CO)CC1. The van der Waals surface area contributed by atoms with Crippen molar-refractivity contribution in [2.24, 2.45) is 5.41 Å². The van der Waals surface area contributed by atoms with Gasteiger partial charge in [-0.15, -0.1) is 0 Å². The van der Waals surface area contributed by atoms with Crippen LogP contribution in [0.3, 0.4) is 0 Å². The van der Waals surface area contributed by atoms with E-state index in [4.69, 9.17) is 4.74 Å². The molecule has 1 aromatic rings. The van der Waals surface area contributed by atoms with Crippen LogP contribution in [0.2, 0.25) is 0 Å². The molecule has 1 aliphatic heterocycles. The maximum absolute atomic E-state index is 9.61. The van der Waals surface area contributed by atoms with Crippen LogP contribution >= 0.6 is 0 Å². The Morgan fingerprint density at radius 1 is 1.33 bits per heavy atom. The Morgan fingerprint density at radius 2 is 2.05 bits per heavy atom. The molecule has 1 aromatic carbocycles. The van der Waals surface area contributed by atoms with Gasteiger partial charge in [-0.2, -0.15) is 0 Å². The molecular weight excluding hydrogens is 262 g/mol. The van der Waals surface area contributed by atoms with Crippen LogP contribution in [0.4, 0.5) is 0 Å². The molecule has 0 saturated carbocycles. The van der Waals surface area contributed by atoms with Crippen molar-refractivity contribution < 1.29 is 9.84 Å². The van der Waals surface area contributed by atoms with Gasteiger partial charge in [0.05, 0.1) is 0 Å². The standard InChI is InChI=1S/C18H27NO2/c1-3-13-21-17-8-6-5-7-16(17)14-19-11-9-18(4-2,15-20)10-12-19/h3,5-8,20H,1,4,9-15H2,2H3. The highest BCUT2D eigenvalue weighted by atomic mass is 16.5. The molecule has 0 atom stereocenters. The number of benzene rings is 1. The third kappa shape index (κ3) is 4.08. The van der Waals surface area contributed by atoms with E-state index in [-0.39, 0.29) is 5.41 Å². The average molecular weight is 289 g/mol. The van der Waals surface area contributed by atoms with Gasteiger partial charge in [0.15, 0.2) is 0 Å². The summed E-state index contributed by atoms with van der Waals surface area (Å²) in [6, 6.07) is 8.22. The number of nitrogens with zero attached hydrogens (tertiary/aromatic N) is 1. The zero-order chi connectivity index (χ0) is 15.1. The molecule has 116 valence electrons. The molecule has 2 rings (SSSR count). The Balaban J connectivity index is 1.96. The molecule has 1 saturated heterocycles. The number of hydrogen-bond acceptors (Lipinski definition) is 3. The number of aliphatic hydroxyl groups excluding tert-OH is 1. The van der Waals surface area contributed by atoms with E-state index in [2.05, 4.69) is 30.5 Å². The van der Waals surface area contributed by atoms with E-state index in [1.807, 2.05) is 12.1 Å². The molecule has 0 aromatic heterocycles. The van der Waals surface area contributed by atoms with E-state index in [0.29, 0.717) is 13.2 Å². The first kappa shape index (κ1) is 16.1. The van der Waals surface area contributed by atoms with Crippen molar-refractivity contribution in [2.45, 2.75) is 32.7 Å². The highest BCUT2D eigenvalue weighted by Crippen LogP contribution is 2.35. The summed E-state index contributed by atoms with van der Waals surface area (Å²) in [5.74, 6) is 0.951. The van der Waals surface area contributed by atoms with Gasteiger partial charge in [0.2, 0.25) is 0 Å². The lowest BCUT2D eigenvalue weighted by Crippen LogP contribution is -2.41. The molecule has 0 spiro atoms. The maximum atomic E-state index is 9.61. The number of hydrogen-bond donors (Lipinski definition) is 1. The lowest BCUT2D eigenvalue weighted by Gasteiger charge is -2.40. The summed E-state index contributed by atoms with van der Waals surface area (Å²) in [6.07, 6.45) is 5.00. The molecule has 3 nitrogen and oxygen atoms in total. The smallest absolute Gasteiger partial charge is 0.124 e. The summed E-state index contributed by atoms with van der Waals surface area (Å²) in [4.78, 5) is 2.46. The molecular formula is C18H27NO2. The third-order valence-corrected chi connectivity index (χ3v) is 4.73. The van der Waals surface area contributed by atoms with Crippen molar-refractivity contribution in [1.82, 2.24) is 4.90 Å². The topological polar surface area (TPSA) is 32.7 Å². The lowest BCUT2D eigenvalue weighted by molar-refractivity contribution is 0.0380. The molecule has 1 heterocycles. The molecule has 1 fully saturated rings. The highest BCUT2D eigenvalue weighted by Gasteiger charge is 2.32. The van der Waals surface area contributed by atoms with Gasteiger partial charge >= 0.3 is 0 Å². The van der Waals surface area contributed by atoms with Crippen molar-refractivity contribution in [3.63, 3.8) is 0 Å². The van der Waals surface area contributed by atoms with E-state index >= 15 is 0 Å². The van der Waals surface area contributed by atoms with Crippen molar-refractivity contribution in [3.05, 3.63) is 42.5 Å². The first-order chi connectivity index (χ1) is 10.2. The molecule has 0 aliphatic carbocycles. The Bertz CT molecular complexity index is 444. The normalized spacial score (nSPS) is 18.4. The number of para-hydroxylation sites is 1. The van der Waals surface area contributed by atoms with E-state index in [0.717, 1.165) is 44.6 Å². The number of ether oxygens (including phenoxy) is 1. The second kappa shape index (κ2) is 7.62. The maximum Gasteiger partial charge on any atom is 0.124 e.